The second-order valence-corrected chi connectivity index (χ2v) is 7.28. The van der Waals surface area contributed by atoms with Gasteiger partial charge in [-0.05, 0) is 56.9 Å². The average molecular weight is 402 g/mol. The molecule has 0 aliphatic heterocycles. The van der Waals surface area contributed by atoms with Crippen molar-refractivity contribution in [2.45, 2.75) is 58.6 Å². The number of pyridine rings is 1. The maximum absolute atomic E-state index is 6.39. The minimum atomic E-state index is 0.280. The van der Waals surface area contributed by atoms with E-state index in [2.05, 4.69) is 25.7 Å². The van der Waals surface area contributed by atoms with Crippen molar-refractivity contribution in [2.24, 2.45) is 11.6 Å². The molecule has 0 spiro atoms. The molecule has 0 amide bonds. The number of nitrogens with two attached hydrogens (primary N) is 2. The zero-order chi connectivity index (χ0) is 20.8. The summed E-state index contributed by atoms with van der Waals surface area (Å²) in [5.41, 5.74) is 9.01. The van der Waals surface area contributed by atoms with Gasteiger partial charge >= 0.3 is 0 Å². The van der Waals surface area contributed by atoms with Crippen molar-refractivity contribution in [2.75, 3.05) is 18.9 Å². The molecule has 0 bridgehead atoms. The molecule has 0 aromatic carbocycles. The van der Waals surface area contributed by atoms with Crippen LogP contribution >= 0.6 is 0 Å². The van der Waals surface area contributed by atoms with Crippen LogP contribution in [0.1, 0.15) is 50.4 Å². The summed E-state index contributed by atoms with van der Waals surface area (Å²) < 4.78 is 6.15. The highest BCUT2D eigenvalue weighted by Gasteiger charge is 2.17. The van der Waals surface area contributed by atoms with Crippen LogP contribution in [0.15, 0.2) is 17.8 Å². The third-order valence-corrected chi connectivity index (χ3v) is 5.05. The molecule has 2 aromatic heterocycles. The predicted octanol–water partition coefficient (Wildman–Crippen LogP) is 1.65. The second-order valence-electron chi connectivity index (χ2n) is 7.28. The Bertz CT molecular complexity index is 840. The standard InChI is InChI=1S/C19H31N9O/c1-4-28-25-19(24-26-28)22-12-16(27(3)21)18(20)15-10-11-17(13(2)23-15)29-14-8-6-5-7-9-14/h10-11,14H,4-9,12,20-21H2,1-3H3,(H,22,25)/b18-16-. The van der Waals surface area contributed by atoms with E-state index in [1.165, 1.54) is 29.1 Å². The molecule has 1 saturated carbocycles. The summed E-state index contributed by atoms with van der Waals surface area (Å²) in [5, 5.41) is 16.6. The predicted molar refractivity (Wildman–Crippen MR) is 112 cm³/mol. The molecular formula is C19H31N9O. The third-order valence-electron chi connectivity index (χ3n) is 5.05. The molecule has 1 aliphatic rings. The lowest BCUT2D eigenvalue weighted by Crippen LogP contribution is -2.32. The van der Waals surface area contributed by atoms with E-state index in [0.717, 1.165) is 24.3 Å². The minimum absolute atomic E-state index is 0.280. The van der Waals surface area contributed by atoms with Crippen LogP contribution in [-0.4, -0.2) is 49.9 Å². The number of hydrogen-bond acceptors (Lipinski definition) is 9. The Labute approximate surface area is 171 Å². The molecule has 10 heteroatoms. The number of aromatic nitrogens is 5. The molecule has 3 rings (SSSR count). The molecule has 0 radical (unpaired) electrons. The number of anilines is 1. The summed E-state index contributed by atoms with van der Waals surface area (Å²) >= 11 is 0. The number of rotatable bonds is 8. The van der Waals surface area contributed by atoms with E-state index in [4.69, 9.17) is 16.3 Å². The normalized spacial score (nSPS) is 15.7. The lowest BCUT2D eigenvalue weighted by atomic mass is 9.98. The Hall–Kier alpha value is -2.88. The van der Waals surface area contributed by atoms with E-state index in [-0.39, 0.29) is 6.10 Å². The van der Waals surface area contributed by atoms with Crippen LogP contribution in [0.5, 0.6) is 5.75 Å². The average Bonchev–Trinajstić information content (AvgIpc) is 3.18. The monoisotopic (exact) mass is 401 g/mol. The largest absolute Gasteiger partial charge is 0.489 e. The van der Waals surface area contributed by atoms with E-state index in [9.17, 15) is 0 Å². The maximum Gasteiger partial charge on any atom is 0.263 e. The SMILES string of the molecule is CCn1nnc(NC/C(=C(/N)c2ccc(OC3CCCCC3)c(C)n2)N(C)N)n1. The van der Waals surface area contributed by atoms with Gasteiger partial charge in [-0.2, -0.15) is 4.80 Å². The van der Waals surface area contributed by atoms with Crippen molar-refractivity contribution in [3.63, 3.8) is 0 Å². The molecule has 158 valence electrons. The molecule has 2 aromatic rings. The van der Waals surface area contributed by atoms with Crippen molar-refractivity contribution < 1.29 is 4.74 Å². The smallest absolute Gasteiger partial charge is 0.263 e. The first-order chi connectivity index (χ1) is 14.0. The molecule has 0 unspecified atom stereocenters. The maximum atomic E-state index is 6.39. The van der Waals surface area contributed by atoms with Crippen LogP contribution in [0.2, 0.25) is 0 Å². The van der Waals surface area contributed by atoms with Gasteiger partial charge in [0.15, 0.2) is 0 Å². The fourth-order valence-corrected chi connectivity index (χ4v) is 3.35. The molecule has 0 saturated heterocycles. The van der Waals surface area contributed by atoms with Crippen molar-refractivity contribution in [1.29, 1.82) is 0 Å². The summed E-state index contributed by atoms with van der Waals surface area (Å²) in [4.78, 5) is 6.15. The lowest BCUT2D eigenvalue weighted by Gasteiger charge is -2.24. The molecule has 0 atom stereocenters. The quantitative estimate of drug-likeness (QED) is 0.446. The zero-order valence-electron chi connectivity index (χ0n) is 17.4. The summed E-state index contributed by atoms with van der Waals surface area (Å²) in [7, 11) is 1.73. The number of hydrogen-bond donors (Lipinski definition) is 3. The first-order valence-electron chi connectivity index (χ1n) is 10.1. The van der Waals surface area contributed by atoms with Gasteiger partial charge in [0.05, 0.1) is 42.0 Å². The number of aryl methyl sites for hydroxylation is 2. The molecule has 2 heterocycles. The third kappa shape index (κ3) is 5.35. The van der Waals surface area contributed by atoms with Gasteiger partial charge in [0.1, 0.15) is 5.75 Å². The number of hydrazine groups is 1. The van der Waals surface area contributed by atoms with Crippen molar-refractivity contribution >= 4 is 11.6 Å². The Morgan fingerprint density at radius 3 is 2.69 bits per heavy atom. The van der Waals surface area contributed by atoms with Crippen LogP contribution in [0, 0.1) is 6.92 Å². The molecule has 10 nitrogen and oxygen atoms in total. The van der Waals surface area contributed by atoms with Crippen LogP contribution in [0.3, 0.4) is 0 Å². The topological polar surface area (TPSA) is 133 Å². The van der Waals surface area contributed by atoms with Gasteiger partial charge in [0, 0.05) is 7.05 Å². The van der Waals surface area contributed by atoms with Gasteiger partial charge < -0.3 is 20.8 Å². The summed E-state index contributed by atoms with van der Waals surface area (Å²) in [5.74, 6) is 7.23. The Morgan fingerprint density at radius 1 is 1.31 bits per heavy atom. The number of likely N-dealkylation sites (N-methyl/N-ethyl adjacent to an activating group) is 1. The number of tetrazole rings is 1. The van der Waals surface area contributed by atoms with E-state index in [1.54, 1.807) is 7.05 Å². The summed E-state index contributed by atoms with van der Waals surface area (Å²) in [6, 6.07) is 3.81. The summed E-state index contributed by atoms with van der Waals surface area (Å²) in [6.07, 6.45) is 6.24. The van der Waals surface area contributed by atoms with Crippen molar-refractivity contribution in [3.05, 3.63) is 29.2 Å². The van der Waals surface area contributed by atoms with Gasteiger partial charge in [-0.3, -0.25) is 0 Å². The zero-order valence-corrected chi connectivity index (χ0v) is 17.4. The van der Waals surface area contributed by atoms with Crippen LogP contribution in [0.4, 0.5) is 5.95 Å². The Kier molecular flexibility index (Phi) is 6.86. The fraction of sp³-hybridized carbons (Fsp3) is 0.579. The highest BCUT2D eigenvalue weighted by Crippen LogP contribution is 2.26. The van der Waals surface area contributed by atoms with E-state index < -0.39 is 0 Å². The minimum Gasteiger partial charge on any atom is -0.489 e. The van der Waals surface area contributed by atoms with Crippen molar-refractivity contribution in [3.8, 4) is 5.75 Å². The second kappa shape index (κ2) is 9.55. The van der Waals surface area contributed by atoms with E-state index in [1.807, 2.05) is 26.0 Å². The molecular weight excluding hydrogens is 370 g/mol. The Balaban J connectivity index is 1.74. The molecule has 29 heavy (non-hydrogen) atoms. The van der Waals surface area contributed by atoms with Crippen LogP contribution < -0.4 is 21.6 Å². The van der Waals surface area contributed by atoms with Crippen molar-refractivity contribution in [1.82, 2.24) is 30.2 Å². The number of nitrogens with one attached hydrogen (secondary N) is 1. The first-order valence-corrected chi connectivity index (χ1v) is 10.1. The lowest BCUT2D eigenvalue weighted by molar-refractivity contribution is 0.153. The number of nitrogens with zero attached hydrogens (tertiary/aromatic N) is 6. The highest BCUT2D eigenvalue weighted by atomic mass is 16.5. The van der Waals surface area contributed by atoms with Gasteiger partial charge in [0.2, 0.25) is 0 Å². The molecule has 1 aliphatic carbocycles. The van der Waals surface area contributed by atoms with Gasteiger partial charge in [-0.15, -0.1) is 5.10 Å². The van der Waals surface area contributed by atoms with Crippen LogP contribution in [-0.2, 0) is 6.54 Å². The van der Waals surface area contributed by atoms with E-state index >= 15 is 0 Å². The van der Waals surface area contributed by atoms with E-state index in [0.29, 0.717) is 36.1 Å². The van der Waals surface area contributed by atoms with Crippen LogP contribution in [0.25, 0.3) is 5.70 Å². The Morgan fingerprint density at radius 2 is 2.07 bits per heavy atom. The van der Waals surface area contributed by atoms with Gasteiger partial charge in [-0.25, -0.2) is 10.8 Å². The fourth-order valence-electron chi connectivity index (χ4n) is 3.35. The first kappa shape index (κ1) is 20.8. The highest BCUT2D eigenvalue weighted by molar-refractivity contribution is 5.64. The molecule has 5 N–H and O–H groups in total. The molecule has 1 fully saturated rings. The summed E-state index contributed by atoms with van der Waals surface area (Å²) in [6.45, 7) is 4.87. The van der Waals surface area contributed by atoms with Gasteiger partial charge in [-0.1, -0.05) is 11.5 Å². The number of ether oxygens (including phenoxy) is 1. The van der Waals surface area contributed by atoms with Gasteiger partial charge in [0.25, 0.3) is 5.95 Å².